The Balaban J connectivity index is 2.08. The van der Waals surface area contributed by atoms with Crippen molar-refractivity contribution in [3.8, 4) is 5.75 Å². The number of aryl methyl sites for hydroxylation is 1. The molecule has 4 N–H and O–H groups in total. The lowest BCUT2D eigenvalue weighted by Crippen LogP contribution is -2.22. The Morgan fingerprint density at radius 3 is 2.48 bits per heavy atom. The van der Waals surface area contributed by atoms with E-state index in [9.17, 15) is 9.59 Å². The summed E-state index contributed by atoms with van der Waals surface area (Å²) >= 11 is 0. The molecule has 0 spiro atoms. The van der Waals surface area contributed by atoms with Crippen LogP contribution in [0, 0.1) is 6.92 Å². The Hall–Kier alpha value is -3.12. The highest BCUT2D eigenvalue weighted by Crippen LogP contribution is 2.27. The molecule has 0 aliphatic rings. The number of hydrogen-bond donors (Lipinski definition) is 3. The van der Waals surface area contributed by atoms with Crippen LogP contribution in [0.2, 0.25) is 0 Å². The first-order valence-corrected chi connectivity index (χ1v) is 7.75. The third-order valence-electron chi connectivity index (χ3n) is 3.43. The zero-order chi connectivity index (χ0) is 18.2. The van der Waals surface area contributed by atoms with E-state index >= 15 is 0 Å². The van der Waals surface area contributed by atoms with Crippen LogP contribution in [0.5, 0.6) is 5.75 Å². The second-order valence-corrected chi connectivity index (χ2v) is 5.40. The molecular weight excluding hydrogens is 318 g/mol. The predicted octanol–water partition coefficient (Wildman–Crippen LogP) is 2.55. The van der Waals surface area contributed by atoms with Crippen LogP contribution in [0.25, 0.3) is 6.08 Å². The summed E-state index contributed by atoms with van der Waals surface area (Å²) in [5.74, 6) is -0.141. The van der Waals surface area contributed by atoms with Gasteiger partial charge in [0.05, 0.1) is 19.3 Å². The predicted molar refractivity (Wildman–Crippen MR) is 99.5 cm³/mol. The Morgan fingerprint density at radius 2 is 1.84 bits per heavy atom. The monoisotopic (exact) mass is 339 g/mol. The lowest BCUT2D eigenvalue weighted by atomic mass is 10.1. The van der Waals surface area contributed by atoms with E-state index in [1.54, 1.807) is 24.3 Å². The van der Waals surface area contributed by atoms with Gasteiger partial charge in [-0.05, 0) is 36.8 Å². The van der Waals surface area contributed by atoms with Crippen molar-refractivity contribution in [2.45, 2.75) is 6.92 Å². The number of carbonyl (C=O) groups excluding carboxylic acids is 2. The molecule has 0 aromatic heterocycles. The summed E-state index contributed by atoms with van der Waals surface area (Å²) in [6, 6.07) is 12.8. The Labute approximate surface area is 146 Å². The molecule has 2 rings (SSSR count). The highest BCUT2D eigenvalue weighted by atomic mass is 16.5. The Morgan fingerprint density at radius 1 is 1.12 bits per heavy atom. The van der Waals surface area contributed by atoms with Crippen molar-refractivity contribution in [3.05, 3.63) is 59.7 Å². The van der Waals surface area contributed by atoms with Crippen molar-refractivity contribution < 1.29 is 14.3 Å². The number of ether oxygens (including phenoxy) is 1. The average molecular weight is 339 g/mol. The molecule has 0 saturated carbocycles. The fourth-order valence-electron chi connectivity index (χ4n) is 2.12. The lowest BCUT2D eigenvalue weighted by molar-refractivity contribution is -0.115. The maximum Gasteiger partial charge on any atom is 0.248 e. The van der Waals surface area contributed by atoms with Gasteiger partial charge in [0, 0.05) is 11.8 Å². The molecule has 2 aromatic carbocycles. The minimum Gasteiger partial charge on any atom is -0.495 e. The molecule has 0 radical (unpaired) electrons. The van der Waals surface area contributed by atoms with Gasteiger partial charge in [0.1, 0.15) is 5.75 Å². The molecule has 0 atom stereocenters. The molecule has 0 unspecified atom stereocenters. The number of nitrogens with one attached hydrogen (secondary N) is 2. The minimum absolute atomic E-state index is 0.140. The molecule has 25 heavy (non-hydrogen) atoms. The van der Waals surface area contributed by atoms with Crippen LogP contribution in [0.1, 0.15) is 11.1 Å². The van der Waals surface area contributed by atoms with Gasteiger partial charge in [0.25, 0.3) is 0 Å². The van der Waals surface area contributed by atoms with E-state index in [1.165, 1.54) is 13.2 Å². The number of methoxy groups -OCH3 is 1. The van der Waals surface area contributed by atoms with Gasteiger partial charge < -0.3 is 21.1 Å². The average Bonchev–Trinajstić information content (AvgIpc) is 2.61. The summed E-state index contributed by atoms with van der Waals surface area (Å²) in [4.78, 5) is 23.5. The summed E-state index contributed by atoms with van der Waals surface area (Å²) in [6.07, 6.45) is 3.18. The second kappa shape index (κ2) is 8.65. The number of rotatable bonds is 6. The molecule has 0 fully saturated rings. The Bertz CT molecular complexity index is 783. The minimum atomic E-state index is -0.346. The molecule has 6 heteroatoms. The van der Waals surface area contributed by atoms with Gasteiger partial charge >= 0.3 is 0 Å². The molecule has 0 heterocycles. The van der Waals surface area contributed by atoms with Gasteiger partial charge in [-0.3, -0.25) is 9.59 Å². The molecule has 0 aliphatic carbocycles. The fraction of sp³-hybridized carbons (Fsp3) is 0.158. The number of anilines is 2. The first-order chi connectivity index (χ1) is 12.0. The largest absolute Gasteiger partial charge is 0.495 e. The highest BCUT2D eigenvalue weighted by Gasteiger charge is 2.08. The van der Waals surface area contributed by atoms with Crippen LogP contribution < -0.4 is 21.1 Å². The smallest absolute Gasteiger partial charge is 0.248 e. The third-order valence-corrected chi connectivity index (χ3v) is 3.43. The third kappa shape index (κ3) is 5.47. The number of amides is 2. The van der Waals surface area contributed by atoms with Crippen LogP contribution in [-0.4, -0.2) is 25.5 Å². The fourth-order valence-corrected chi connectivity index (χ4v) is 2.12. The molecule has 2 amide bonds. The second-order valence-electron chi connectivity index (χ2n) is 5.40. The van der Waals surface area contributed by atoms with Gasteiger partial charge in [0.15, 0.2) is 0 Å². The van der Waals surface area contributed by atoms with E-state index < -0.39 is 0 Å². The highest BCUT2D eigenvalue weighted by molar-refractivity contribution is 6.02. The van der Waals surface area contributed by atoms with E-state index in [-0.39, 0.29) is 18.4 Å². The summed E-state index contributed by atoms with van der Waals surface area (Å²) in [7, 11) is 1.50. The summed E-state index contributed by atoms with van der Waals surface area (Å²) in [6.45, 7) is 1.87. The van der Waals surface area contributed by atoms with Crippen LogP contribution in [0.4, 0.5) is 11.4 Å². The summed E-state index contributed by atoms with van der Waals surface area (Å²) < 4.78 is 5.18. The zero-order valence-electron chi connectivity index (χ0n) is 14.2. The lowest BCUT2D eigenvalue weighted by Gasteiger charge is -2.11. The van der Waals surface area contributed by atoms with Crippen molar-refractivity contribution in [1.82, 2.24) is 0 Å². The van der Waals surface area contributed by atoms with Crippen molar-refractivity contribution in [2.75, 3.05) is 24.3 Å². The SMILES string of the molecule is COc1ccc(NC(=O)/C=C/c2ccc(C)cc2)cc1NC(=O)CN. The van der Waals surface area contributed by atoms with Crippen molar-refractivity contribution in [3.63, 3.8) is 0 Å². The number of hydrogen-bond acceptors (Lipinski definition) is 4. The number of nitrogens with two attached hydrogens (primary N) is 1. The molecule has 6 nitrogen and oxygen atoms in total. The molecule has 130 valence electrons. The van der Waals surface area contributed by atoms with E-state index in [1.807, 2.05) is 31.2 Å². The van der Waals surface area contributed by atoms with Gasteiger partial charge in [0.2, 0.25) is 11.8 Å². The van der Waals surface area contributed by atoms with Crippen molar-refractivity contribution in [1.29, 1.82) is 0 Å². The van der Waals surface area contributed by atoms with Gasteiger partial charge in [-0.25, -0.2) is 0 Å². The van der Waals surface area contributed by atoms with E-state index in [0.717, 1.165) is 11.1 Å². The van der Waals surface area contributed by atoms with Crippen LogP contribution >= 0.6 is 0 Å². The van der Waals surface area contributed by atoms with Crippen LogP contribution in [0.3, 0.4) is 0 Å². The summed E-state index contributed by atoms with van der Waals surface area (Å²) in [5.41, 5.74) is 8.38. The quantitative estimate of drug-likeness (QED) is 0.705. The topological polar surface area (TPSA) is 93.5 Å². The number of benzene rings is 2. The first kappa shape index (κ1) is 18.2. The van der Waals surface area contributed by atoms with Gasteiger partial charge in [-0.2, -0.15) is 0 Å². The maximum atomic E-state index is 12.1. The van der Waals surface area contributed by atoms with Crippen LogP contribution in [0.15, 0.2) is 48.5 Å². The molecule has 2 aromatic rings. The molecular formula is C19H21N3O3. The first-order valence-electron chi connectivity index (χ1n) is 7.75. The zero-order valence-corrected chi connectivity index (χ0v) is 14.2. The Kier molecular flexibility index (Phi) is 6.31. The van der Waals surface area contributed by atoms with Crippen LogP contribution in [-0.2, 0) is 9.59 Å². The van der Waals surface area contributed by atoms with Crippen molar-refractivity contribution in [2.24, 2.45) is 5.73 Å². The van der Waals surface area contributed by atoms with Crippen molar-refractivity contribution >= 4 is 29.3 Å². The molecule has 0 saturated heterocycles. The molecule has 0 bridgehead atoms. The van der Waals surface area contributed by atoms with Gasteiger partial charge in [-0.1, -0.05) is 29.8 Å². The standard InChI is InChI=1S/C19H21N3O3/c1-13-3-5-14(6-4-13)7-10-18(23)21-15-8-9-17(25-2)16(11-15)22-19(24)12-20/h3-11H,12,20H2,1-2H3,(H,21,23)(H,22,24)/b10-7+. The maximum absolute atomic E-state index is 12.1. The van der Waals surface area contributed by atoms with E-state index in [4.69, 9.17) is 10.5 Å². The summed E-state index contributed by atoms with van der Waals surface area (Å²) in [5, 5.41) is 5.37. The van der Waals surface area contributed by atoms with Gasteiger partial charge in [-0.15, -0.1) is 0 Å². The molecule has 0 aliphatic heterocycles. The number of carbonyl (C=O) groups is 2. The normalized spacial score (nSPS) is 10.5. The van der Waals surface area contributed by atoms with E-state index in [2.05, 4.69) is 10.6 Å². The van der Waals surface area contributed by atoms with E-state index in [0.29, 0.717) is 17.1 Å².